The van der Waals surface area contributed by atoms with Crippen LogP contribution in [-0.4, -0.2) is 12.6 Å². The molecule has 0 bridgehead atoms. The summed E-state index contributed by atoms with van der Waals surface area (Å²) in [5.41, 5.74) is 0.334. The van der Waals surface area contributed by atoms with Crippen LogP contribution in [-0.2, 0) is 9.53 Å². The predicted octanol–water partition coefficient (Wildman–Crippen LogP) is 2.26. The van der Waals surface area contributed by atoms with E-state index in [1.807, 2.05) is 0 Å². The van der Waals surface area contributed by atoms with E-state index >= 15 is 0 Å². The second-order valence-corrected chi connectivity index (χ2v) is 2.53. The summed E-state index contributed by atoms with van der Waals surface area (Å²) in [7, 11) is 0. The number of hydrogen-bond acceptors (Lipinski definition) is 2. The summed E-state index contributed by atoms with van der Waals surface area (Å²) in [5, 5.41) is 0. The molecule has 3 heteroatoms. The summed E-state index contributed by atoms with van der Waals surface area (Å²) in [5.74, 6) is -0.825. The number of alkyl halides is 1. The van der Waals surface area contributed by atoms with Gasteiger partial charge >= 0.3 is 5.97 Å². The van der Waals surface area contributed by atoms with E-state index in [0.29, 0.717) is 5.56 Å². The van der Waals surface area contributed by atoms with Crippen LogP contribution in [0.4, 0.5) is 4.39 Å². The Morgan fingerprint density at radius 3 is 2.62 bits per heavy atom. The quantitative estimate of drug-likeness (QED) is 0.670. The van der Waals surface area contributed by atoms with Crippen LogP contribution >= 0.6 is 0 Å². The first-order chi connectivity index (χ1) is 6.25. The first-order valence-electron chi connectivity index (χ1n) is 4.11. The molecule has 0 amide bonds. The minimum atomic E-state index is -1.67. The highest BCUT2D eigenvalue weighted by Gasteiger charge is 2.19. The fourth-order valence-electron chi connectivity index (χ4n) is 0.974. The average Bonchev–Trinajstić information content (AvgIpc) is 2.18. The second-order valence-electron chi connectivity index (χ2n) is 2.53. The van der Waals surface area contributed by atoms with Gasteiger partial charge in [0.25, 0.3) is 0 Å². The highest BCUT2D eigenvalue weighted by atomic mass is 19.1. The molecule has 0 spiro atoms. The van der Waals surface area contributed by atoms with Gasteiger partial charge in [0.05, 0.1) is 6.61 Å². The first-order valence-corrected chi connectivity index (χ1v) is 4.11. The van der Waals surface area contributed by atoms with Crippen LogP contribution in [0.3, 0.4) is 0 Å². The fourth-order valence-corrected chi connectivity index (χ4v) is 0.974. The third-order valence-electron chi connectivity index (χ3n) is 1.59. The summed E-state index contributed by atoms with van der Waals surface area (Å²) in [6.07, 6.45) is -1.67. The maximum absolute atomic E-state index is 13.2. The Balaban J connectivity index is 2.68. The molecule has 0 aliphatic carbocycles. The molecule has 0 saturated heterocycles. The van der Waals surface area contributed by atoms with Crippen molar-refractivity contribution in [1.29, 1.82) is 0 Å². The van der Waals surface area contributed by atoms with Crippen LogP contribution in [0.25, 0.3) is 0 Å². The molecule has 1 rings (SSSR count). The van der Waals surface area contributed by atoms with Crippen molar-refractivity contribution >= 4 is 5.97 Å². The van der Waals surface area contributed by atoms with Crippen LogP contribution in [0, 0.1) is 0 Å². The van der Waals surface area contributed by atoms with Gasteiger partial charge in [-0.1, -0.05) is 30.3 Å². The monoisotopic (exact) mass is 182 g/mol. The number of hydrogen-bond donors (Lipinski definition) is 0. The van der Waals surface area contributed by atoms with E-state index in [1.165, 1.54) is 0 Å². The van der Waals surface area contributed by atoms with Gasteiger partial charge in [0.2, 0.25) is 6.17 Å². The Morgan fingerprint density at radius 2 is 2.08 bits per heavy atom. The van der Waals surface area contributed by atoms with Gasteiger partial charge in [-0.3, -0.25) is 0 Å². The van der Waals surface area contributed by atoms with Gasteiger partial charge in [0, 0.05) is 0 Å². The van der Waals surface area contributed by atoms with Crippen molar-refractivity contribution in [3.8, 4) is 0 Å². The summed E-state index contributed by atoms with van der Waals surface area (Å²) >= 11 is 0. The lowest BCUT2D eigenvalue weighted by atomic mass is 10.1. The highest BCUT2D eigenvalue weighted by molar-refractivity contribution is 5.76. The van der Waals surface area contributed by atoms with Crippen molar-refractivity contribution in [3.63, 3.8) is 0 Å². The highest BCUT2D eigenvalue weighted by Crippen LogP contribution is 2.17. The van der Waals surface area contributed by atoms with E-state index in [9.17, 15) is 9.18 Å². The Labute approximate surface area is 76.3 Å². The molecule has 1 atom stereocenters. The third kappa shape index (κ3) is 2.54. The van der Waals surface area contributed by atoms with Crippen molar-refractivity contribution < 1.29 is 13.9 Å². The molecule has 0 aromatic heterocycles. The van der Waals surface area contributed by atoms with E-state index < -0.39 is 12.1 Å². The van der Waals surface area contributed by atoms with E-state index in [0.717, 1.165) is 0 Å². The maximum atomic E-state index is 13.2. The van der Waals surface area contributed by atoms with Crippen molar-refractivity contribution in [2.24, 2.45) is 0 Å². The number of halogens is 1. The number of carbonyl (C=O) groups excluding carboxylic acids is 1. The molecule has 0 radical (unpaired) electrons. The smallest absolute Gasteiger partial charge is 0.345 e. The lowest BCUT2D eigenvalue weighted by molar-refractivity contribution is -0.149. The van der Waals surface area contributed by atoms with Crippen molar-refractivity contribution in [2.75, 3.05) is 6.61 Å². The minimum absolute atomic E-state index is 0.200. The van der Waals surface area contributed by atoms with Crippen LogP contribution < -0.4 is 0 Å². The number of esters is 1. The zero-order valence-corrected chi connectivity index (χ0v) is 7.37. The lowest BCUT2D eigenvalue weighted by Gasteiger charge is -2.06. The molecule has 0 heterocycles. The van der Waals surface area contributed by atoms with E-state index in [2.05, 4.69) is 4.74 Å². The van der Waals surface area contributed by atoms with E-state index in [1.54, 1.807) is 37.3 Å². The minimum Gasteiger partial charge on any atom is -0.464 e. The molecule has 0 N–H and O–H groups in total. The van der Waals surface area contributed by atoms with E-state index in [-0.39, 0.29) is 6.61 Å². The summed E-state index contributed by atoms with van der Waals surface area (Å²) < 4.78 is 17.8. The number of carbonyl (C=O) groups is 1. The van der Waals surface area contributed by atoms with Crippen LogP contribution in [0.1, 0.15) is 18.7 Å². The van der Waals surface area contributed by atoms with Crippen LogP contribution in [0.15, 0.2) is 30.3 Å². The maximum Gasteiger partial charge on any atom is 0.345 e. The molecule has 0 aliphatic heterocycles. The van der Waals surface area contributed by atoms with Gasteiger partial charge in [0.15, 0.2) is 0 Å². The molecule has 1 aromatic rings. The number of benzene rings is 1. The predicted molar refractivity (Wildman–Crippen MR) is 46.9 cm³/mol. The first kappa shape index (κ1) is 9.71. The molecule has 0 unspecified atom stereocenters. The van der Waals surface area contributed by atoms with E-state index in [4.69, 9.17) is 0 Å². The number of rotatable bonds is 3. The third-order valence-corrected chi connectivity index (χ3v) is 1.59. The van der Waals surface area contributed by atoms with Gasteiger partial charge in [-0.25, -0.2) is 9.18 Å². The normalized spacial score (nSPS) is 12.2. The molecule has 0 fully saturated rings. The molecule has 0 saturated carbocycles. The van der Waals surface area contributed by atoms with Gasteiger partial charge in [0.1, 0.15) is 0 Å². The van der Waals surface area contributed by atoms with Gasteiger partial charge < -0.3 is 4.74 Å². The standard InChI is InChI=1S/C10H11FO2/c1-2-13-10(12)9(11)8-6-4-3-5-7-8/h3-7,9H,2H2,1H3/t9-/m0/s1. The Bertz CT molecular complexity index is 272. The summed E-state index contributed by atoms with van der Waals surface area (Å²) in [6.45, 7) is 1.85. The molecule has 0 aliphatic rings. The van der Waals surface area contributed by atoms with Gasteiger partial charge in [-0.2, -0.15) is 0 Å². The largest absolute Gasteiger partial charge is 0.464 e. The van der Waals surface area contributed by atoms with Crippen molar-refractivity contribution in [2.45, 2.75) is 13.1 Å². The lowest BCUT2D eigenvalue weighted by Crippen LogP contribution is -2.11. The zero-order valence-electron chi connectivity index (χ0n) is 7.37. The molecule has 2 nitrogen and oxygen atoms in total. The molecular formula is C10H11FO2. The SMILES string of the molecule is CCOC(=O)[C@@H](F)c1ccccc1. The van der Waals surface area contributed by atoms with Gasteiger partial charge in [-0.05, 0) is 12.5 Å². The number of ether oxygens (including phenoxy) is 1. The summed E-state index contributed by atoms with van der Waals surface area (Å²) in [4.78, 5) is 10.9. The Morgan fingerprint density at radius 1 is 1.46 bits per heavy atom. The van der Waals surface area contributed by atoms with Crippen molar-refractivity contribution in [3.05, 3.63) is 35.9 Å². The Kier molecular flexibility index (Phi) is 3.43. The topological polar surface area (TPSA) is 26.3 Å². The van der Waals surface area contributed by atoms with Crippen molar-refractivity contribution in [1.82, 2.24) is 0 Å². The second kappa shape index (κ2) is 4.60. The molecular weight excluding hydrogens is 171 g/mol. The van der Waals surface area contributed by atoms with Crippen LogP contribution in [0.5, 0.6) is 0 Å². The summed E-state index contributed by atoms with van der Waals surface area (Å²) in [6, 6.07) is 8.24. The van der Waals surface area contributed by atoms with Gasteiger partial charge in [-0.15, -0.1) is 0 Å². The fraction of sp³-hybridized carbons (Fsp3) is 0.300. The van der Waals surface area contributed by atoms with Crippen LogP contribution in [0.2, 0.25) is 0 Å². The average molecular weight is 182 g/mol. The Hall–Kier alpha value is -1.38. The molecule has 13 heavy (non-hydrogen) atoms. The molecule has 70 valence electrons. The zero-order chi connectivity index (χ0) is 9.68. The molecule has 1 aromatic carbocycles.